The third-order valence-corrected chi connectivity index (χ3v) is 2.85. The number of rotatable bonds is 5. The first-order chi connectivity index (χ1) is 9.13. The number of nitrogens with zero attached hydrogens (tertiary/aromatic N) is 1. The Balaban J connectivity index is 1.75. The quantitative estimate of drug-likeness (QED) is 0.896. The average molecular weight is 258 g/mol. The van der Waals surface area contributed by atoms with Crippen molar-refractivity contribution in [2.75, 3.05) is 0 Å². The van der Waals surface area contributed by atoms with E-state index in [0.29, 0.717) is 25.3 Å². The molecule has 0 aliphatic carbocycles. The molecule has 0 aliphatic heterocycles. The van der Waals surface area contributed by atoms with Gasteiger partial charge in [0.15, 0.2) is 5.89 Å². The Hall–Kier alpha value is -2.10. The molecule has 1 aromatic heterocycles. The molecule has 0 radical (unpaired) electrons. The van der Waals surface area contributed by atoms with Crippen molar-refractivity contribution in [3.8, 4) is 0 Å². The Morgan fingerprint density at radius 2 is 2.21 bits per heavy atom. The third-order valence-electron chi connectivity index (χ3n) is 2.85. The summed E-state index contributed by atoms with van der Waals surface area (Å²) in [6.45, 7) is 4.40. The van der Waals surface area contributed by atoms with Crippen molar-refractivity contribution in [3.63, 3.8) is 0 Å². The van der Waals surface area contributed by atoms with Crippen LogP contribution in [0.4, 0.5) is 0 Å². The van der Waals surface area contributed by atoms with Gasteiger partial charge in [-0.15, -0.1) is 0 Å². The van der Waals surface area contributed by atoms with Gasteiger partial charge < -0.3 is 9.73 Å². The van der Waals surface area contributed by atoms with Gasteiger partial charge in [0, 0.05) is 26.3 Å². The van der Waals surface area contributed by atoms with E-state index in [2.05, 4.69) is 16.4 Å². The summed E-state index contributed by atoms with van der Waals surface area (Å²) in [5.41, 5.74) is 3.14. The number of aromatic nitrogens is 1. The maximum atomic E-state index is 11.7. The average Bonchev–Trinajstić information content (AvgIpc) is 2.80. The minimum atomic E-state index is 0.0298. The lowest BCUT2D eigenvalue weighted by molar-refractivity contribution is -0.121. The lowest BCUT2D eigenvalue weighted by atomic mass is 10.1. The van der Waals surface area contributed by atoms with Gasteiger partial charge in [-0.1, -0.05) is 29.8 Å². The minimum Gasteiger partial charge on any atom is -0.449 e. The Labute approximate surface area is 112 Å². The zero-order valence-electron chi connectivity index (χ0n) is 11.3. The first-order valence-electron chi connectivity index (χ1n) is 6.37. The summed E-state index contributed by atoms with van der Waals surface area (Å²) < 4.78 is 5.10. The molecule has 1 amide bonds. The van der Waals surface area contributed by atoms with Gasteiger partial charge in [-0.2, -0.15) is 0 Å². The fourth-order valence-corrected chi connectivity index (χ4v) is 1.88. The van der Waals surface area contributed by atoms with E-state index in [1.165, 1.54) is 5.56 Å². The summed E-state index contributed by atoms with van der Waals surface area (Å²) in [6.07, 6.45) is 2.64. The van der Waals surface area contributed by atoms with Gasteiger partial charge in [0.05, 0.1) is 5.69 Å². The predicted molar refractivity (Wildman–Crippen MR) is 72.6 cm³/mol. The number of oxazole rings is 1. The summed E-state index contributed by atoms with van der Waals surface area (Å²) >= 11 is 0. The van der Waals surface area contributed by atoms with Crippen LogP contribution in [-0.2, 0) is 17.8 Å². The zero-order valence-corrected chi connectivity index (χ0v) is 11.3. The van der Waals surface area contributed by atoms with Gasteiger partial charge in [0.1, 0.15) is 6.26 Å². The molecule has 1 N–H and O–H groups in total. The molecular weight excluding hydrogens is 240 g/mol. The van der Waals surface area contributed by atoms with Crippen LogP contribution in [-0.4, -0.2) is 10.9 Å². The molecule has 0 saturated heterocycles. The fraction of sp³-hybridized carbons (Fsp3) is 0.333. The van der Waals surface area contributed by atoms with E-state index in [1.54, 1.807) is 13.2 Å². The van der Waals surface area contributed by atoms with Crippen molar-refractivity contribution >= 4 is 5.91 Å². The lowest BCUT2D eigenvalue weighted by Crippen LogP contribution is -2.23. The molecule has 4 nitrogen and oxygen atoms in total. The number of nitrogens with one attached hydrogen (secondary N) is 1. The van der Waals surface area contributed by atoms with Crippen LogP contribution in [0.25, 0.3) is 0 Å². The molecule has 2 rings (SSSR count). The Kier molecular flexibility index (Phi) is 4.34. The molecule has 4 heteroatoms. The van der Waals surface area contributed by atoms with Gasteiger partial charge in [0.25, 0.3) is 0 Å². The van der Waals surface area contributed by atoms with Crippen molar-refractivity contribution in [2.24, 2.45) is 0 Å². The second-order valence-corrected chi connectivity index (χ2v) is 4.62. The molecule has 19 heavy (non-hydrogen) atoms. The van der Waals surface area contributed by atoms with E-state index in [1.807, 2.05) is 25.1 Å². The minimum absolute atomic E-state index is 0.0298. The van der Waals surface area contributed by atoms with E-state index in [0.717, 1.165) is 11.3 Å². The third kappa shape index (κ3) is 4.25. The molecule has 1 aromatic carbocycles. The Bertz CT molecular complexity index is 561. The van der Waals surface area contributed by atoms with Crippen LogP contribution in [0.15, 0.2) is 34.9 Å². The first-order valence-corrected chi connectivity index (χ1v) is 6.37. The molecule has 0 fully saturated rings. The first kappa shape index (κ1) is 13.3. The van der Waals surface area contributed by atoms with Crippen molar-refractivity contribution < 1.29 is 9.21 Å². The number of amides is 1. The summed E-state index contributed by atoms with van der Waals surface area (Å²) in [5.74, 6) is 0.664. The van der Waals surface area contributed by atoms with Crippen LogP contribution in [0.1, 0.15) is 29.1 Å². The number of carbonyl (C=O) groups is 1. The fourth-order valence-electron chi connectivity index (χ4n) is 1.88. The summed E-state index contributed by atoms with van der Waals surface area (Å²) in [5, 5.41) is 2.91. The summed E-state index contributed by atoms with van der Waals surface area (Å²) in [4.78, 5) is 15.9. The molecule has 2 aromatic rings. The van der Waals surface area contributed by atoms with Gasteiger partial charge >= 0.3 is 0 Å². The van der Waals surface area contributed by atoms with Crippen molar-refractivity contribution in [2.45, 2.75) is 33.2 Å². The lowest BCUT2D eigenvalue weighted by Gasteiger charge is -2.05. The smallest absolute Gasteiger partial charge is 0.220 e. The number of benzene rings is 1. The molecule has 100 valence electrons. The molecule has 0 spiro atoms. The predicted octanol–water partition coefficient (Wildman–Crippen LogP) is 2.54. The standard InChI is InChI=1S/C15H18N2O2/c1-11-4-3-5-13(8-11)9-16-15(18)7-6-14-10-19-12(2)17-14/h3-5,8,10H,6-7,9H2,1-2H3,(H,16,18). The molecule has 0 unspecified atom stereocenters. The highest BCUT2D eigenvalue weighted by atomic mass is 16.3. The van der Waals surface area contributed by atoms with Crippen LogP contribution >= 0.6 is 0 Å². The van der Waals surface area contributed by atoms with Crippen LogP contribution in [0.5, 0.6) is 0 Å². The van der Waals surface area contributed by atoms with Crippen LogP contribution in [0.2, 0.25) is 0 Å². The number of hydrogen-bond acceptors (Lipinski definition) is 3. The topological polar surface area (TPSA) is 55.1 Å². The van der Waals surface area contributed by atoms with E-state index < -0.39 is 0 Å². The van der Waals surface area contributed by atoms with Crippen LogP contribution in [0.3, 0.4) is 0 Å². The summed E-state index contributed by atoms with van der Waals surface area (Å²) in [6, 6.07) is 8.11. The maximum absolute atomic E-state index is 11.7. The molecule has 0 saturated carbocycles. The van der Waals surface area contributed by atoms with E-state index >= 15 is 0 Å². The van der Waals surface area contributed by atoms with E-state index in [-0.39, 0.29) is 5.91 Å². The largest absolute Gasteiger partial charge is 0.449 e. The molecule has 0 atom stereocenters. The number of hydrogen-bond donors (Lipinski definition) is 1. The van der Waals surface area contributed by atoms with Gasteiger partial charge in [0.2, 0.25) is 5.91 Å². The highest BCUT2D eigenvalue weighted by Crippen LogP contribution is 2.05. The number of carbonyl (C=O) groups excluding carboxylic acids is 1. The van der Waals surface area contributed by atoms with Crippen LogP contribution < -0.4 is 5.32 Å². The van der Waals surface area contributed by atoms with E-state index in [9.17, 15) is 4.79 Å². The van der Waals surface area contributed by atoms with Crippen molar-refractivity contribution in [1.82, 2.24) is 10.3 Å². The second-order valence-electron chi connectivity index (χ2n) is 4.62. The van der Waals surface area contributed by atoms with Crippen LogP contribution in [0, 0.1) is 13.8 Å². The van der Waals surface area contributed by atoms with Crippen molar-refractivity contribution in [3.05, 3.63) is 53.2 Å². The second kappa shape index (κ2) is 6.18. The van der Waals surface area contributed by atoms with Crippen molar-refractivity contribution in [1.29, 1.82) is 0 Å². The zero-order chi connectivity index (χ0) is 13.7. The SMILES string of the molecule is Cc1cccc(CNC(=O)CCc2coc(C)n2)c1. The highest BCUT2D eigenvalue weighted by Gasteiger charge is 2.05. The van der Waals surface area contributed by atoms with Gasteiger partial charge in [-0.05, 0) is 12.5 Å². The summed E-state index contributed by atoms with van der Waals surface area (Å²) in [7, 11) is 0. The van der Waals surface area contributed by atoms with Gasteiger partial charge in [-0.3, -0.25) is 4.79 Å². The Morgan fingerprint density at radius 1 is 1.37 bits per heavy atom. The Morgan fingerprint density at radius 3 is 2.89 bits per heavy atom. The highest BCUT2D eigenvalue weighted by molar-refractivity contribution is 5.76. The molecular formula is C15H18N2O2. The normalized spacial score (nSPS) is 10.4. The van der Waals surface area contributed by atoms with E-state index in [4.69, 9.17) is 4.42 Å². The molecule has 1 heterocycles. The molecule has 0 aliphatic rings. The maximum Gasteiger partial charge on any atom is 0.220 e. The monoisotopic (exact) mass is 258 g/mol. The molecule has 0 bridgehead atoms. The number of aryl methyl sites for hydroxylation is 3. The van der Waals surface area contributed by atoms with Gasteiger partial charge in [-0.25, -0.2) is 4.98 Å².